The van der Waals surface area contributed by atoms with E-state index in [1.165, 1.54) is 12.1 Å². The number of para-hydroxylation sites is 1. The highest BCUT2D eigenvalue weighted by atomic mass is 16.5. The molecule has 1 aliphatic rings. The summed E-state index contributed by atoms with van der Waals surface area (Å²) < 4.78 is 10.3. The van der Waals surface area contributed by atoms with Crippen molar-refractivity contribution in [1.82, 2.24) is 0 Å². The number of nitrogens with one attached hydrogen (secondary N) is 1. The Balaban J connectivity index is 1.64. The van der Waals surface area contributed by atoms with E-state index in [1.54, 1.807) is 30.3 Å². The second-order valence-electron chi connectivity index (χ2n) is 6.17. The van der Waals surface area contributed by atoms with Gasteiger partial charge in [0.2, 0.25) is 5.91 Å². The molecule has 3 N–H and O–H groups in total. The Morgan fingerprint density at radius 1 is 1.04 bits per heavy atom. The van der Waals surface area contributed by atoms with E-state index in [-0.39, 0.29) is 29.6 Å². The summed E-state index contributed by atoms with van der Waals surface area (Å²) in [5, 5.41) is 2.74. The number of benzene rings is 2. The number of carbonyl (C=O) groups excluding carboxylic acids is 4. The van der Waals surface area contributed by atoms with Crippen LogP contribution in [0.25, 0.3) is 0 Å². The molecule has 0 saturated carbocycles. The average Bonchev–Trinajstić information content (AvgIpc) is 2.70. The second-order valence-corrected chi connectivity index (χ2v) is 6.17. The number of primary amides is 1. The number of nitrogens with two attached hydrogens (primary N) is 1. The quantitative estimate of drug-likeness (QED) is 0.552. The van der Waals surface area contributed by atoms with Crippen LogP contribution in [-0.2, 0) is 20.7 Å². The van der Waals surface area contributed by atoms with Crippen molar-refractivity contribution in [3.63, 3.8) is 0 Å². The van der Waals surface area contributed by atoms with Crippen molar-refractivity contribution in [3.05, 3.63) is 59.2 Å². The maximum atomic E-state index is 12.4. The smallest absolute Gasteiger partial charge is 0.342 e. The molecule has 2 aromatic rings. The Kier molecular flexibility index (Phi) is 5.69. The Labute approximate surface area is 160 Å². The number of rotatable bonds is 7. The number of fused-ring (bicyclic) bond motifs is 1. The molecular formula is C20H18N2O6. The zero-order chi connectivity index (χ0) is 20.1. The summed E-state index contributed by atoms with van der Waals surface area (Å²) in [6.45, 7) is -0.830. The molecule has 8 nitrogen and oxygen atoms in total. The first kappa shape index (κ1) is 19.1. The van der Waals surface area contributed by atoms with E-state index in [9.17, 15) is 19.2 Å². The van der Waals surface area contributed by atoms with Crippen molar-refractivity contribution in [3.8, 4) is 5.75 Å². The van der Waals surface area contributed by atoms with Crippen molar-refractivity contribution >= 4 is 29.3 Å². The molecule has 8 heteroatoms. The molecule has 0 saturated heterocycles. The van der Waals surface area contributed by atoms with Gasteiger partial charge in [-0.25, -0.2) is 4.79 Å². The van der Waals surface area contributed by atoms with E-state index in [0.717, 1.165) is 5.56 Å². The van der Waals surface area contributed by atoms with Gasteiger partial charge in [0, 0.05) is 17.7 Å². The Morgan fingerprint density at radius 2 is 1.82 bits per heavy atom. The van der Waals surface area contributed by atoms with Crippen LogP contribution in [0.4, 0.5) is 5.69 Å². The molecule has 3 rings (SSSR count). The molecule has 0 fully saturated rings. The first-order valence-corrected chi connectivity index (χ1v) is 8.57. The van der Waals surface area contributed by atoms with E-state index in [1.807, 2.05) is 0 Å². The molecule has 0 bridgehead atoms. The molecule has 0 unspecified atom stereocenters. The summed E-state index contributed by atoms with van der Waals surface area (Å²) in [5.74, 6) is -1.72. The van der Waals surface area contributed by atoms with E-state index in [2.05, 4.69) is 5.32 Å². The van der Waals surface area contributed by atoms with Gasteiger partial charge in [-0.3, -0.25) is 14.4 Å². The number of hydrogen-bond acceptors (Lipinski definition) is 6. The number of ketones is 1. The van der Waals surface area contributed by atoms with E-state index in [4.69, 9.17) is 15.2 Å². The fraction of sp³-hybridized carbons (Fsp3) is 0.200. The van der Waals surface area contributed by atoms with Crippen LogP contribution in [0, 0.1) is 0 Å². The number of anilines is 1. The Bertz CT molecular complexity index is 953. The lowest BCUT2D eigenvalue weighted by atomic mass is 9.99. The minimum atomic E-state index is -0.751. The average molecular weight is 382 g/mol. The highest BCUT2D eigenvalue weighted by Crippen LogP contribution is 2.24. The summed E-state index contributed by atoms with van der Waals surface area (Å²) in [6, 6.07) is 11.1. The van der Waals surface area contributed by atoms with Gasteiger partial charge in [0.05, 0.1) is 0 Å². The van der Waals surface area contributed by atoms with Gasteiger partial charge in [0.1, 0.15) is 11.3 Å². The highest BCUT2D eigenvalue weighted by Gasteiger charge is 2.19. The van der Waals surface area contributed by atoms with Crippen molar-refractivity contribution in [1.29, 1.82) is 0 Å². The van der Waals surface area contributed by atoms with Gasteiger partial charge in [-0.2, -0.15) is 0 Å². The van der Waals surface area contributed by atoms with Gasteiger partial charge in [-0.1, -0.05) is 12.1 Å². The lowest BCUT2D eigenvalue weighted by Gasteiger charge is -2.17. The van der Waals surface area contributed by atoms with Gasteiger partial charge in [-0.05, 0) is 42.3 Å². The predicted molar refractivity (Wildman–Crippen MR) is 99.1 cm³/mol. The molecule has 2 aromatic carbocycles. The first-order chi connectivity index (χ1) is 13.4. The largest absolute Gasteiger partial charge is 0.483 e. The summed E-state index contributed by atoms with van der Waals surface area (Å²) >= 11 is 0. The first-order valence-electron chi connectivity index (χ1n) is 8.57. The number of aryl methyl sites for hydroxylation is 1. The minimum Gasteiger partial charge on any atom is -0.483 e. The minimum absolute atomic E-state index is 0.0577. The van der Waals surface area contributed by atoms with Gasteiger partial charge in [0.25, 0.3) is 5.91 Å². The molecule has 28 heavy (non-hydrogen) atoms. The second kappa shape index (κ2) is 8.34. The van der Waals surface area contributed by atoms with Gasteiger partial charge < -0.3 is 20.5 Å². The van der Waals surface area contributed by atoms with Crippen LogP contribution >= 0.6 is 0 Å². The fourth-order valence-corrected chi connectivity index (χ4v) is 2.76. The highest BCUT2D eigenvalue weighted by molar-refractivity contribution is 6.01. The molecule has 2 amide bonds. The van der Waals surface area contributed by atoms with Crippen LogP contribution in [-0.4, -0.2) is 36.8 Å². The van der Waals surface area contributed by atoms with Crippen molar-refractivity contribution in [2.24, 2.45) is 5.73 Å². The molecule has 0 atom stereocenters. The van der Waals surface area contributed by atoms with E-state index < -0.39 is 18.5 Å². The maximum Gasteiger partial charge on any atom is 0.342 e. The van der Waals surface area contributed by atoms with Gasteiger partial charge >= 0.3 is 5.97 Å². The van der Waals surface area contributed by atoms with Crippen LogP contribution in [0.15, 0.2) is 42.5 Å². The maximum absolute atomic E-state index is 12.4. The molecule has 1 heterocycles. The van der Waals surface area contributed by atoms with Crippen molar-refractivity contribution < 1.29 is 28.7 Å². The number of Topliss-reactive ketones (excluding diaryl/α,β-unsaturated/α-hetero) is 1. The van der Waals surface area contributed by atoms with Crippen LogP contribution in [0.2, 0.25) is 0 Å². The van der Waals surface area contributed by atoms with Gasteiger partial charge in [0.15, 0.2) is 19.0 Å². The normalized spacial score (nSPS) is 12.5. The van der Waals surface area contributed by atoms with Crippen LogP contribution in [0.1, 0.15) is 32.7 Å². The summed E-state index contributed by atoms with van der Waals surface area (Å²) in [7, 11) is 0. The lowest BCUT2D eigenvalue weighted by molar-refractivity contribution is -0.120. The monoisotopic (exact) mass is 382 g/mol. The zero-order valence-corrected chi connectivity index (χ0v) is 14.9. The fourth-order valence-electron chi connectivity index (χ4n) is 2.76. The van der Waals surface area contributed by atoms with Crippen LogP contribution < -0.4 is 15.8 Å². The number of hydrogen-bond donors (Lipinski definition) is 2. The number of esters is 1. The summed E-state index contributed by atoms with van der Waals surface area (Å²) in [6.07, 6.45) is 0.911. The SMILES string of the molecule is NC(=O)COc1ccccc1C(=O)OCC(=O)c1ccc2c(c1)CCC(=O)N2. The van der Waals surface area contributed by atoms with E-state index >= 15 is 0 Å². The Hall–Kier alpha value is -3.68. The molecule has 144 valence electrons. The van der Waals surface area contributed by atoms with Crippen molar-refractivity contribution in [2.45, 2.75) is 12.8 Å². The van der Waals surface area contributed by atoms with Gasteiger partial charge in [-0.15, -0.1) is 0 Å². The molecule has 1 aliphatic heterocycles. The number of ether oxygens (including phenoxy) is 2. The standard InChI is InChI=1S/C20H18N2O6/c21-18(24)11-27-17-4-2-1-3-14(17)20(26)28-10-16(23)13-5-7-15-12(9-13)6-8-19(25)22-15/h1-5,7,9H,6,8,10-11H2,(H2,21,24)(H,22,25). The molecule has 0 aliphatic carbocycles. The third-order valence-electron chi connectivity index (χ3n) is 4.13. The lowest BCUT2D eigenvalue weighted by Crippen LogP contribution is -2.21. The predicted octanol–water partition coefficient (Wildman–Crippen LogP) is 1.48. The van der Waals surface area contributed by atoms with Crippen LogP contribution in [0.3, 0.4) is 0 Å². The third kappa shape index (κ3) is 4.53. The number of carbonyl (C=O) groups is 4. The Morgan fingerprint density at radius 3 is 2.61 bits per heavy atom. The molecule has 0 spiro atoms. The topological polar surface area (TPSA) is 125 Å². The zero-order valence-electron chi connectivity index (χ0n) is 14.9. The molecule has 0 aromatic heterocycles. The summed E-state index contributed by atoms with van der Waals surface area (Å²) in [4.78, 5) is 46.9. The van der Waals surface area contributed by atoms with E-state index in [0.29, 0.717) is 24.1 Å². The number of amides is 2. The summed E-state index contributed by atoms with van der Waals surface area (Å²) in [5.41, 5.74) is 7.06. The molecule has 0 radical (unpaired) electrons. The molecular weight excluding hydrogens is 364 g/mol. The third-order valence-corrected chi connectivity index (χ3v) is 4.13. The van der Waals surface area contributed by atoms with Crippen LogP contribution in [0.5, 0.6) is 5.75 Å². The van der Waals surface area contributed by atoms with Crippen molar-refractivity contribution in [2.75, 3.05) is 18.5 Å².